The van der Waals surface area contributed by atoms with E-state index in [0.717, 1.165) is 9.17 Å². The third kappa shape index (κ3) is 3.30. The van der Waals surface area contributed by atoms with Crippen LogP contribution in [0.15, 0.2) is 40.9 Å². The van der Waals surface area contributed by atoms with Gasteiger partial charge in [-0.3, -0.25) is 10.1 Å². The van der Waals surface area contributed by atoms with E-state index in [0.29, 0.717) is 27.7 Å². The van der Waals surface area contributed by atoms with Crippen LogP contribution in [0.25, 0.3) is 10.2 Å². The maximum Gasteiger partial charge on any atom is 0.257 e. The van der Waals surface area contributed by atoms with Gasteiger partial charge in [-0.25, -0.2) is 4.98 Å². The number of halogens is 1. The maximum absolute atomic E-state index is 12.3. The molecule has 1 aromatic heterocycles. The molecule has 1 amide bonds. The predicted octanol–water partition coefficient (Wildman–Crippen LogP) is 4.33. The van der Waals surface area contributed by atoms with E-state index >= 15 is 0 Å². The van der Waals surface area contributed by atoms with E-state index in [1.807, 2.05) is 18.2 Å². The first-order valence-corrected chi connectivity index (χ1v) is 8.31. The number of amides is 1. The molecule has 5 nitrogen and oxygen atoms in total. The van der Waals surface area contributed by atoms with Crippen LogP contribution in [0, 0.1) is 0 Å². The number of hydrogen-bond acceptors (Lipinski definition) is 5. The summed E-state index contributed by atoms with van der Waals surface area (Å²) in [7, 11) is 3.17. The number of carbonyl (C=O) groups excluding carboxylic acids is 1. The Kier molecular flexibility index (Phi) is 4.49. The van der Waals surface area contributed by atoms with Gasteiger partial charge in [0.1, 0.15) is 17.0 Å². The number of methoxy groups -OCH3 is 2. The smallest absolute Gasteiger partial charge is 0.257 e. The summed E-state index contributed by atoms with van der Waals surface area (Å²) >= 11 is 4.72. The van der Waals surface area contributed by atoms with Crippen LogP contribution in [0.2, 0.25) is 0 Å². The number of carbonyl (C=O) groups is 1. The highest BCUT2D eigenvalue weighted by atomic mass is 79.9. The lowest BCUT2D eigenvalue weighted by Crippen LogP contribution is -2.11. The molecular formula is C16H13BrN2O3S. The molecule has 0 saturated heterocycles. The lowest BCUT2D eigenvalue weighted by Gasteiger charge is -2.03. The van der Waals surface area contributed by atoms with Crippen molar-refractivity contribution in [2.75, 3.05) is 19.5 Å². The van der Waals surface area contributed by atoms with E-state index in [-0.39, 0.29) is 5.91 Å². The van der Waals surface area contributed by atoms with Gasteiger partial charge in [0, 0.05) is 16.1 Å². The standard InChI is InChI=1S/C16H13BrN2O3S/c1-21-11-7-12(22-2)14-13(8-11)23-16(18-14)19-15(20)9-3-5-10(17)6-4-9/h3-8H,1-2H3,(H,18,19,20). The number of benzene rings is 2. The molecule has 0 aliphatic heterocycles. The number of thiazole rings is 1. The first-order chi connectivity index (χ1) is 11.1. The lowest BCUT2D eigenvalue weighted by atomic mass is 10.2. The van der Waals surface area contributed by atoms with Crippen molar-refractivity contribution in [1.29, 1.82) is 0 Å². The normalized spacial score (nSPS) is 10.6. The third-order valence-electron chi connectivity index (χ3n) is 3.22. The SMILES string of the molecule is COc1cc(OC)c2nc(NC(=O)c3ccc(Br)cc3)sc2c1. The number of anilines is 1. The molecule has 0 unspecified atom stereocenters. The van der Waals surface area contributed by atoms with Gasteiger partial charge in [0.15, 0.2) is 5.13 Å². The van der Waals surface area contributed by atoms with E-state index in [1.54, 1.807) is 32.4 Å². The number of hydrogen-bond donors (Lipinski definition) is 1. The molecular weight excluding hydrogens is 380 g/mol. The molecule has 0 atom stereocenters. The first-order valence-electron chi connectivity index (χ1n) is 6.70. The number of rotatable bonds is 4. The van der Waals surface area contributed by atoms with Crippen molar-refractivity contribution >= 4 is 48.5 Å². The molecule has 3 rings (SSSR count). The molecule has 0 fully saturated rings. The minimum absolute atomic E-state index is 0.206. The van der Waals surface area contributed by atoms with Gasteiger partial charge in [-0.2, -0.15) is 0 Å². The quantitative estimate of drug-likeness (QED) is 0.717. The topological polar surface area (TPSA) is 60.5 Å². The van der Waals surface area contributed by atoms with E-state index < -0.39 is 0 Å². The Morgan fingerprint density at radius 2 is 1.91 bits per heavy atom. The van der Waals surface area contributed by atoms with E-state index in [2.05, 4.69) is 26.2 Å². The number of aromatic nitrogens is 1. The molecule has 0 spiro atoms. The Labute approximate surface area is 145 Å². The molecule has 2 aromatic carbocycles. The van der Waals surface area contributed by atoms with Gasteiger partial charge in [-0.1, -0.05) is 27.3 Å². The van der Waals surface area contributed by atoms with Gasteiger partial charge in [0.2, 0.25) is 0 Å². The van der Waals surface area contributed by atoms with Gasteiger partial charge in [-0.15, -0.1) is 0 Å². The van der Waals surface area contributed by atoms with Crippen LogP contribution >= 0.6 is 27.3 Å². The Morgan fingerprint density at radius 3 is 2.57 bits per heavy atom. The van der Waals surface area contributed by atoms with Gasteiger partial charge >= 0.3 is 0 Å². The van der Waals surface area contributed by atoms with Crippen molar-refractivity contribution < 1.29 is 14.3 Å². The fraction of sp³-hybridized carbons (Fsp3) is 0.125. The predicted molar refractivity (Wildman–Crippen MR) is 94.8 cm³/mol. The summed E-state index contributed by atoms with van der Waals surface area (Å²) < 4.78 is 12.4. The average molecular weight is 393 g/mol. The van der Waals surface area contributed by atoms with Crippen LogP contribution in [0.1, 0.15) is 10.4 Å². The maximum atomic E-state index is 12.3. The number of fused-ring (bicyclic) bond motifs is 1. The molecule has 0 radical (unpaired) electrons. The second-order valence-electron chi connectivity index (χ2n) is 4.66. The first kappa shape index (κ1) is 15.8. The van der Waals surface area contributed by atoms with Crippen molar-refractivity contribution in [3.05, 3.63) is 46.4 Å². The zero-order chi connectivity index (χ0) is 16.4. The molecule has 1 N–H and O–H groups in total. The summed E-state index contributed by atoms with van der Waals surface area (Å²) in [5, 5.41) is 3.33. The highest BCUT2D eigenvalue weighted by Crippen LogP contribution is 2.36. The van der Waals surface area contributed by atoms with Crippen LogP contribution in [-0.4, -0.2) is 25.1 Å². The number of ether oxygens (including phenoxy) is 2. The molecule has 23 heavy (non-hydrogen) atoms. The second kappa shape index (κ2) is 6.55. The molecule has 0 aliphatic rings. The van der Waals surface area contributed by atoms with Crippen LogP contribution in [0.5, 0.6) is 11.5 Å². The summed E-state index contributed by atoms with van der Waals surface area (Å²) in [4.78, 5) is 16.7. The average Bonchev–Trinajstić information content (AvgIpc) is 2.96. The minimum Gasteiger partial charge on any atom is -0.497 e. The van der Waals surface area contributed by atoms with Crippen LogP contribution < -0.4 is 14.8 Å². The zero-order valence-corrected chi connectivity index (χ0v) is 14.8. The van der Waals surface area contributed by atoms with Crippen LogP contribution in [-0.2, 0) is 0 Å². The fourth-order valence-electron chi connectivity index (χ4n) is 2.07. The van der Waals surface area contributed by atoms with Gasteiger partial charge in [0.05, 0.1) is 18.9 Å². The Morgan fingerprint density at radius 1 is 1.17 bits per heavy atom. The summed E-state index contributed by atoms with van der Waals surface area (Å²) in [6, 6.07) is 10.8. The van der Waals surface area contributed by atoms with Crippen molar-refractivity contribution in [1.82, 2.24) is 4.98 Å². The minimum atomic E-state index is -0.206. The van der Waals surface area contributed by atoms with Crippen LogP contribution in [0.3, 0.4) is 0 Å². The zero-order valence-electron chi connectivity index (χ0n) is 12.4. The lowest BCUT2D eigenvalue weighted by molar-refractivity contribution is 0.102. The molecule has 1 heterocycles. The second-order valence-corrected chi connectivity index (χ2v) is 6.60. The summed E-state index contributed by atoms with van der Waals surface area (Å²) in [5.41, 5.74) is 1.27. The van der Waals surface area contributed by atoms with E-state index in [1.165, 1.54) is 11.3 Å². The summed E-state index contributed by atoms with van der Waals surface area (Å²) in [5.74, 6) is 1.09. The molecule has 7 heteroatoms. The molecule has 0 bridgehead atoms. The summed E-state index contributed by atoms with van der Waals surface area (Å²) in [6.45, 7) is 0. The highest BCUT2D eigenvalue weighted by molar-refractivity contribution is 9.10. The van der Waals surface area contributed by atoms with Crippen molar-refractivity contribution in [2.24, 2.45) is 0 Å². The third-order valence-corrected chi connectivity index (χ3v) is 4.66. The largest absolute Gasteiger partial charge is 0.497 e. The Hall–Kier alpha value is -2.12. The fourth-order valence-corrected chi connectivity index (χ4v) is 3.24. The van der Waals surface area contributed by atoms with Gasteiger partial charge < -0.3 is 9.47 Å². The monoisotopic (exact) mass is 392 g/mol. The van der Waals surface area contributed by atoms with Crippen LogP contribution in [0.4, 0.5) is 5.13 Å². The summed E-state index contributed by atoms with van der Waals surface area (Å²) in [6.07, 6.45) is 0. The van der Waals surface area contributed by atoms with E-state index in [4.69, 9.17) is 9.47 Å². The van der Waals surface area contributed by atoms with E-state index in [9.17, 15) is 4.79 Å². The van der Waals surface area contributed by atoms with Gasteiger partial charge in [-0.05, 0) is 30.3 Å². The Bertz CT molecular complexity index is 862. The number of nitrogens with zero attached hydrogens (tertiary/aromatic N) is 1. The Balaban J connectivity index is 1.91. The molecule has 0 aliphatic carbocycles. The van der Waals surface area contributed by atoms with Crippen molar-refractivity contribution in [3.8, 4) is 11.5 Å². The molecule has 0 saturated carbocycles. The van der Waals surface area contributed by atoms with Crippen molar-refractivity contribution in [3.63, 3.8) is 0 Å². The highest BCUT2D eigenvalue weighted by Gasteiger charge is 2.14. The molecule has 118 valence electrons. The molecule has 3 aromatic rings. The van der Waals surface area contributed by atoms with Gasteiger partial charge in [0.25, 0.3) is 5.91 Å². The van der Waals surface area contributed by atoms with Crippen molar-refractivity contribution in [2.45, 2.75) is 0 Å². The number of nitrogens with one attached hydrogen (secondary N) is 1.